The molecule has 2 amide bonds. The van der Waals surface area contributed by atoms with Crippen LogP contribution in [0.4, 0.5) is 4.79 Å². The molecule has 5 rings (SSSR count). The number of carboxylic acids is 1. The second-order valence-electron chi connectivity index (χ2n) is 9.65. The minimum atomic E-state index is -1.40. The lowest BCUT2D eigenvalue weighted by Gasteiger charge is -2.36. The van der Waals surface area contributed by atoms with Crippen molar-refractivity contribution in [3.63, 3.8) is 0 Å². The molecule has 2 fully saturated rings. The van der Waals surface area contributed by atoms with Crippen molar-refractivity contribution in [1.29, 1.82) is 0 Å². The van der Waals surface area contributed by atoms with E-state index in [0.717, 1.165) is 35.1 Å². The molecule has 0 spiro atoms. The molecule has 184 valence electrons. The van der Waals surface area contributed by atoms with Gasteiger partial charge in [-0.15, -0.1) is 0 Å². The lowest BCUT2D eigenvalue weighted by atomic mass is 9.96. The summed E-state index contributed by atoms with van der Waals surface area (Å²) in [6, 6.07) is 15.4. The fourth-order valence-corrected chi connectivity index (χ4v) is 5.62. The van der Waals surface area contributed by atoms with Crippen LogP contribution in [-0.2, 0) is 19.1 Å². The van der Waals surface area contributed by atoms with Crippen molar-refractivity contribution in [3.05, 3.63) is 59.7 Å². The minimum absolute atomic E-state index is 0.0161. The highest BCUT2D eigenvalue weighted by Crippen LogP contribution is 2.44. The maximum atomic E-state index is 13.5. The summed E-state index contributed by atoms with van der Waals surface area (Å²) in [5, 5.41) is 12.7. The Kier molecular flexibility index (Phi) is 6.23. The number of carbonyl (C=O) groups is 3. The predicted octanol–water partition coefficient (Wildman–Crippen LogP) is 3.40. The van der Waals surface area contributed by atoms with E-state index >= 15 is 0 Å². The number of nitrogens with one attached hydrogen (secondary N) is 1. The van der Waals surface area contributed by atoms with Crippen molar-refractivity contribution in [3.8, 4) is 11.1 Å². The number of benzene rings is 2. The Bertz CT molecular complexity index is 1100. The van der Waals surface area contributed by atoms with Crippen molar-refractivity contribution < 1.29 is 29.0 Å². The van der Waals surface area contributed by atoms with E-state index in [4.69, 9.17) is 9.47 Å². The molecule has 1 aliphatic heterocycles. The summed E-state index contributed by atoms with van der Waals surface area (Å²) in [4.78, 5) is 39.8. The zero-order valence-electron chi connectivity index (χ0n) is 19.7. The fourth-order valence-electron chi connectivity index (χ4n) is 5.62. The van der Waals surface area contributed by atoms with E-state index < -0.39 is 23.6 Å². The van der Waals surface area contributed by atoms with Gasteiger partial charge in [0.15, 0.2) is 5.54 Å². The average Bonchev–Trinajstić information content (AvgIpc) is 3.53. The van der Waals surface area contributed by atoms with Gasteiger partial charge in [-0.1, -0.05) is 48.5 Å². The molecule has 35 heavy (non-hydrogen) atoms. The third-order valence-corrected chi connectivity index (χ3v) is 7.51. The molecule has 1 heterocycles. The number of alkyl carbamates (subject to hydrolysis) is 1. The molecule has 2 aliphatic carbocycles. The number of rotatable bonds is 8. The molecule has 8 nitrogen and oxygen atoms in total. The third-order valence-electron chi connectivity index (χ3n) is 7.51. The molecule has 2 atom stereocenters. The lowest BCUT2D eigenvalue weighted by molar-refractivity contribution is -0.161. The van der Waals surface area contributed by atoms with Crippen LogP contribution >= 0.6 is 0 Å². The molecular formula is C27H30N2O6. The number of methoxy groups -OCH3 is 1. The molecular weight excluding hydrogens is 448 g/mol. The molecule has 1 saturated heterocycles. The molecule has 2 N–H and O–H groups in total. The smallest absolute Gasteiger partial charge is 0.407 e. The van der Waals surface area contributed by atoms with E-state index in [1.54, 1.807) is 0 Å². The molecule has 2 aromatic rings. The quantitative estimate of drug-likeness (QED) is 0.603. The second kappa shape index (κ2) is 9.34. The van der Waals surface area contributed by atoms with E-state index in [0.29, 0.717) is 19.4 Å². The van der Waals surface area contributed by atoms with E-state index in [1.165, 1.54) is 12.0 Å². The number of amides is 2. The highest BCUT2D eigenvalue weighted by Gasteiger charge is 2.53. The van der Waals surface area contributed by atoms with Crippen LogP contribution < -0.4 is 5.32 Å². The Morgan fingerprint density at radius 1 is 1.09 bits per heavy atom. The summed E-state index contributed by atoms with van der Waals surface area (Å²) in [6.07, 6.45) is 1.84. The van der Waals surface area contributed by atoms with Crippen LogP contribution in [0.1, 0.15) is 42.7 Å². The number of ether oxygens (including phenoxy) is 2. The van der Waals surface area contributed by atoms with Crippen molar-refractivity contribution in [2.45, 2.75) is 43.2 Å². The highest BCUT2D eigenvalue weighted by molar-refractivity contribution is 5.92. The Morgan fingerprint density at radius 2 is 1.71 bits per heavy atom. The third kappa shape index (κ3) is 4.16. The van der Waals surface area contributed by atoms with Gasteiger partial charge in [0.25, 0.3) is 0 Å². The van der Waals surface area contributed by atoms with Crippen molar-refractivity contribution >= 4 is 18.0 Å². The standard InChI is InChI=1S/C27H30N2O6/c1-34-16-27(25(31)32)13-6-14-29(27)24(30)23(17-11-12-17)28-26(33)35-15-22-20-9-4-2-7-18(20)19-8-3-5-10-21(19)22/h2-5,7-10,17,22-23H,6,11-16H2,1H3,(H,28,33)(H,31,32). The number of hydrogen-bond acceptors (Lipinski definition) is 5. The van der Waals surface area contributed by atoms with Crippen LogP contribution in [0.3, 0.4) is 0 Å². The molecule has 2 unspecified atom stereocenters. The topological polar surface area (TPSA) is 105 Å². The number of carboxylic acid groups (broad SMARTS) is 1. The Balaban J connectivity index is 1.29. The largest absolute Gasteiger partial charge is 0.479 e. The molecule has 0 radical (unpaired) electrons. The minimum Gasteiger partial charge on any atom is -0.479 e. The predicted molar refractivity (Wildman–Crippen MR) is 128 cm³/mol. The van der Waals surface area contributed by atoms with Gasteiger partial charge in [0.2, 0.25) is 5.91 Å². The van der Waals surface area contributed by atoms with E-state index in [9.17, 15) is 19.5 Å². The van der Waals surface area contributed by atoms with Crippen LogP contribution in [0.15, 0.2) is 48.5 Å². The second-order valence-corrected chi connectivity index (χ2v) is 9.65. The van der Waals surface area contributed by atoms with Crippen LogP contribution in [0.5, 0.6) is 0 Å². The molecule has 0 bridgehead atoms. The summed E-state index contributed by atoms with van der Waals surface area (Å²) < 4.78 is 10.8. The molecule has 1 saturated carbocycles. The van der Waals surface area contributed by atoms with Crippen LogP contribution in [-0.4, -0.2) is 66.4 Å². The van der Waals surface area contributed by atoms with Gasteiger partial charge in [-0.2, -0.15) is 0 Å². The number of fused-ring (bicyclic) bond motifs is 3. The number of nitrogens with zero attached hydrogens (tertiary/aromatic N) is 1. The Morgan fingerprint density at radius 3 is 2.29 bits per heavy atom. The van der Waals surface area contributed by atoms with Crippen LogP contribution in [0.2, 0.25) is 0 Å². The van der Waals surface area contributed by atoms with Gasteiger partial charge in [-0.25, -0.2) is 9.59 Å². The van der Waals surface area contributed by atoms with Gasteiger partial charge < -0.3 is 24.8 Å². The van der Waals surface area contributed by atoms with Crippen molar-refractivity contribution in [1.82, 2.24) is 10.2 Å². The summed E-state index contributed by atoms with van der Waals surface area (Å²) in [5.41, 5.74) is 3.10. The van der Waals surface area contributed by atoms with E-state index in [2.05, 4.69) is 17.4 Å². The zero-order chi connectivity index (χ0) is 24.6. The summed E-state index contributed by atoms with van der Waals surface area (Å²) in [5.74, 6) is -1.56. The summed E-state index contributed by atoms with van der Waals surface area (Å²) >= 11 is 0. The first-order chi connectivity index (χ1) is 17.0. The lowest BCUT2D eigenvalue weighted by Crippen LogP contribution is -2.61. The maximum Gasteiger partial charge on any atom is 0.407 e. The van der Waals surface area contributed by atoms with E-state index in [-0.39, 0.29) is 31.0 Å². The van der Waals surface area contributed by atoms with Gasteiger partial charge >= 0.3 is 12.1 Å². The fraction of sp³-hybridized carbons (Fsp3) is 0.444. The first-order valence-corrected chi connectivity index (χ1v) is 12.1. The van der Waals surface area contributed by atoms with Crippen molar-refractivity contribution in [2.75, 3.05) is 26.9 Å². The van der Waals surface area contributed by atoms with Crippen LogP contribution in [0, 0.1) is 5.92 Å². The first kappa shape index (κ1) is 23.4. The van der Waals surface area contributed by atoms with Gasteiger partial charge in [-0.3, -0.25) is 4.79 Å². The van der Waals surface area contributed by atoms with Gasteiger partial charge in [-0.05, 0) is 53.9 Å². The average molecular weight is 479 g/mol. The molecule has 3 aliphatic rings. The maximum absolute atomic E-state index is 13.5. The summed E-state index contributed by atoms with van der Waals surface area (Å²) in [6.45, 7) is 0.387. The van der Waals surface area contributed by atoms with Gasteiger partial charge in [0, 0.05) is 19.6 Å². The van der Waals surface area contributed by atoms with Crippen molar-refractivity contribution in [2.24, 2.45) is 5.92 Å². The Labute approximate surface area is 204 Å². The van der Waals surface area contributed by atoms with Crippen LogP contribution in [0.25, 0.3) is 11.1 Å². The SMILES string of the molecule is COCC1(C(=O)O)CCCN1C(=O)C(NC(=O)OCC1c2ccccc2-c2ccccc21)C1CC1. The number of carbonyl (C=O) groups excluding carboxylic acids is 2. The molecule has 2 aromatic carbocycles. The highest BCUT2D eigenvalue weighted by atomic mass is 16.5. The van der Waals surface area contributed by atoms with Gasteiger partial charge in [0.1, 0.15) is 12.6 Å². The normalized spacial score (nSPS) is 21.8. The molecule has 8 heteroatoms. The van der Waals surface area contributed by atoms with E-state index in [1.807, 2.05) is 36.4 Å². The monoisotopic (exact) mass is 478 g/mol. The zero-order valence-corrected chi connectivity index (χ0v) is 19.7. The van der Waals surface area contributed by atoms with Gasteiger partial charge in [0.05, 0.1) is 6.61 Å². The number of likely N-dealkylation sites (tertiary alicyclic amines) is 1. The molecule has 0 aromatic heterocycles. The Hall–Kier alpha value is -3.39. The summed E-state index contributed by atoms with van der Waals surface area (Å²) in [7, 11) is 1.43. The number of aliphatic carboxylic acids is 1. The number of hydrogen-bond donors (Lipinski definition) is 2. The first-order valence-electron chi connectivity index (χ1n) is 12.1.